The topological polar surface area (TPSA) is 38.1 Å². The van der Waals surface area contributed by atoms with Crippen LogP contribution in [-0.4, -0.2) is 33.2 Å². The van der Waals surface area contributed by atoms with Crippen molar-refractivity contribution in [2.75, 3.05) is 6.54 Å². The number of halogens is 3. The molecule has 2 aromatic rings. The lowest BCUT2D eigenvalue weighted by Crippen LogP contribution is -2.36. The van der Waals surface area contributed by atoms with E-state index >= 15 is 0 Å². The van der Waals surface area contributed by atoms with Crippen molar-refractivity contribution in [2.45, 2.75) is 37.9 Å². The maximum absolute atomic E-state index is 12.9. The molecule has 0 radical (unpaired) electrons. The van der Waals surface area contributed by atoms with Gasteiger partial charge < -0.3 is 4.90 Å². The molecule has 1 saturated carbocycles. The van der Waals surface area contributed by atoms with Crippen LogP contribution in [0.3, 0.4) is 0 Å². The first-order chi connectivity index (χ1) is 11.9. The summed E-state index contributed by atoms with van der Waals surface area (Å²) in [5.41, 5.74) is -0.00445. The van der Waals surface area contributed by atoms with Gasteiger partial charge in [0.25, 0.3) is 5.91 Å². The molecule has 1 aromatic heterocycles. The molecule has 25 heavy (non-hydrogen) atoms. The molecule has 1 aliphatic carbocycles. The summed E-state index contributed by atoms with van der Waals surface area (Å²) in [5.74, 6) is 0.578. The largest absolute Gasteiger partial charge is 0.435 e. The fraction of sp³-hybridized carbons (Fsp3) is 0.444. The summed E-state index contributed by atoms with van der Waals surface area (Å²) in [6, 6.07) is 7.89. The van der Waals surface area contributed by atoms with Gasteiger partial charge in [0.2, 0.25) is 0 Å². The highest BCUT2D eigenvalue weighted by molar-refractivity contribution is 5.95. The van der Waals surface area contributed by atoms with E-state index in [0.717, 1.165) is 30.1 Å². The Labute approximate surface area is 143 Å². The maximum atomic E-state index is 12.9. The highest BCUT2D eigenvalue weighted by Crippen LogP contribution is 2.40. The van der Waals surface area contributed by atoms with E-state index in [0.29, 0.717) is 23.2 Å². The van der Waals surface area contributed by atoms with Gasteiger partial charge in [0.1, 0.15) is 0 Å². The van der Waals surface area contributed by atoms with Crippen LogP contribution >= 0.6 is 0 Å². The third-order valence-corrected chi connectivity index (χ3v) is 4.96. The minimum Gasteiger partial charge on any atom is -0.335 e. The number of aromatic nitrogens is 2. The van der Waals surface area contributed by atoms with E-state index in [2.05, 4.69) is 5.10 Å². The summed E-state index contributed by atoms with van der Waals surface area (Å²) in [4.78, 5) is 14.8. The predicted octanol–water partition coefficient (Wildman–Crippen LogP) is 3.91. The van der Waals surface area contributed by atoms with Crippen LogP contribution in [0.25, 0.3) is 5.69 Å². The Morgan fingerprint density at radius 3 is 2.64 bits per heavy atom. The number of alkyl halides is 3. The second-order valence-corrected chi connectivity index (χ2v) is 6.74. The first-order valence-electron chi connectivity index (χ1n) is 8.48. The molecule has 1 unspecified atom stereocenters. The molecule has 0 N–H and O–H groups in total. The van der Waals surface area contributed by atoms with E-state index in [1.165, 1.54) is 19.0 Å². The van der Waals surface area contributed by atoms with Gasteiger partial charge in [0.15, 0.2) is 5.69 Å². The molecule has 1 amide bonds. The van der Waals surface area contributed by atoms with E-state index in [-0.39, 0.29) is 5.91 Å². The molecule has 4 rings (SSSR count). The van der Waals surface area contributed by atoms with Gasteiger partial charge in [0.05, 0.1) is 5.69 Å². The van der Waals surface area contributed by atoms with Gasteiger partial charge in [0, 0.05) is 24.3 Å². The average molecular weight is 349 g/mol. The van der Waals surface area contributed by atoms with Crippen molar-refractivity contribution in [3.63, 3.8) is 0 Å². The van der Waals surface area contributed by atoms with Crippen LogP contribution in [0.15, 0.2) is 36.5 Å². The van der Waals surface area contributed by atoms with E-state index in [1.54, 1.807) is 24.3 Å². The van der Waals surface area contributed by atoms with Gasteiger partial charge in [-0.15, -0.1) is 0 Å². The van der Waals surface area contributed by atoms with Crippen LogP contribution in [0, 0.1) is 5.92 Å². The van der Waals surface area contributed by atoms with Crippen molar-refractivity contribution < 1.29 is 18.0 Å². The number of carbonyl (C=O) groups excluding carboxylic acids is 1. The van der Waals surface area contributed by atoms with E-state index < -0.39 is 11.9 Å². The SMILES string of the molecule is O=C(c1cccc(-n2ccc(C(F)(F)F)n2)c1)N1CCCC1C1CC1. The van der Waals surface area contributed by atoms with Crippen molar-refractivity contribution >= 4 is 5.91 Å². The van der Waals surface area contributed by atoms with Crippen LogP contribution in [-0.2, 0) is 6.18 Å². The molecule has 1 aliphatic heterocycles. The normalized spacial score (nSPS) is 20.9. The first kappa shape index (κ1) is 16.2. The number of rotatable bonds is 3. The Hall–Kier alpha value is -2.31. The predicted molar refractivity (Wildman–Crippen MR) is 85.3 cm³/mol. The highest BCUT2D eigenvalue weighted by Gasteiger charge is 2.40. The standard InChI is InChI=1S/C18H18F3N3O/c19-18(20,21)16-8-10-24(22-16)14-4-1-3-13(11-14)17(25)23-9-2-5-15(23)12-6-7-12/h1,3-4,8,10-12,15H,2,5-7,9H2. The molecule has 4 nitrogen and oxygen atoms in total. The zero-order valence-electron chi connectivity index (χ0n) is 13.5. The van der Waals surface area contributed by atoms with Gasteiger partial charge in [-0.3, -0.25) is 4.79 Å². The van der Waals surface area contributed by atoms with Gasteiger partial charge in [-0.2, -0.15) is 18.3 Å². The maximum Gasteiger partial charge on any atom is 0.435 e. The average Bonchev–Trinajstić information content (AvgIpc) is 3.12. The van der Waals surface area contributed by atoms with Crippen molar-refractivity contribution in [1.29, 1.82) is 0 Å². The fourth-order valence-corrected chi connectivity index (χ4v) is 3.58. The summed E-state index contributed by atoms with van der Waals surface area (Å²) in [7, 11) is 0. The summed E-state index contributed by atoms with van der Waals surface area (Å²) in [6.45, 7) is 0.754. The number of hydrogen-bond donors (Lipinski definition) is 0. The molecule has 2 fully saturated rings. The molecular formula is C18H18F3N3O. The Bertz CT molecular complexity index is 795. The van der Waals surface area contributed by atoms with Gasteiger partial charge >= 0.3 is 6.18 Å². The smallest absolute Gasteiger partial charge is 0.335 e. The van der Waals surface area contributed by atoms with E-state index in [1.807, 2.05) is 4.90 Å². The molecule has 0 spiro atoms. The zero-order valence-corrected chi connectivity index (χ0v) is 13.5. The number of carbonyl (C=O) groups is 1. The monoisotopic (exact) mass is 349 g/mol. The molecule has 7 heteroatoms. The minimum absolute atomic E-state index is 0.0422. The summed E-state index contributed by atoms with van der Waals surface area (Å²) >= 11 is 0. The quantitative estimate of drug-likeness (QED) is 0.843. The first-order valence-corrected chi connectivity index (χ1v) is 8.48. The van der Waals surface area contributed by atoms with E-state index in [9.17, 15) is 18.0 Å². The van der Waals surface area contributed by atoms with Crippen LogP contribution < -0.4 is 0 Å². The summed E-state index contributed by atoms with van der Waals surface area (Å²) in [5, 5.41) is 3.57. The second kappa shape index (κ2) is 5.89. The lowest BCUT2D eigenvalue weighted by Gasteiger charge is -2.25. The Kier molecular flexibility index (Phi) is 3.81. The number of amides is 1. The van der Waals surface area contributed by atoms with Crippen LogP contribution in [0.2, 0.25) is 0 Å². The number of nitrogens with zero attached hydrogens (tertiary/aromatic N) is 3. The molecular weight excluding hydrogens is 331 g/mol. The fourth-order valence-electron chi connectivity index (χ4n) is 3.58. The molecule has 0 bridgehead atoms. The number of hydrogen-bond acceptors (Lipinski definition) is 2. The van der Waals surface area contributed by atoms with Crippen molar-refractivity contribution in [3.05, 3.63) is 47.8 Å². The van der Waals surface area contributed by atoms with E-state index in [4.69, 9.17) is 0 Å². The molecule has 2 aliphatic rings. The Morgan fingerprint density at radius 2 is 1.96 bits per heavy atom. The number of likely N-dealkylation sites (tertiary alicyclic amines) is 1. The third-order valence-electron chi connectivity index (χ3n) is 4.96. The molecule has 2 heterocycles. The van der Waals surface area contributed by atoms with Gasteiger partial charge in [-0.1, -0.05) is 6.07 Å². The molecule has 1 atom stereocenters. The summed E-state index contributed by atoms with van der Waals surface area (Å²) < 4.78 is 39.3. The van der Waals surface area contributed by atoms with Crippen LogP contribution in [0.5, 0.6) is 0 Å². The van der Waals surface area contributed by atoms with Crippen molar-refractivity contribution in [1.82, 2.24) is 14.7 Å². The van der Waals surface area contributed by atoms with Gasteiger partial charge in [-0.25, -0.2) is 4.68 Å². The van der Waals surface area contributed by atoms with Gasteiger partial charge in [-0.05, 0) is 55.9 Å². The Morgan fingerprint density at radius 1 is 1.16 bits per heavy atom. The lowest BCUT2D eigenvalue weighted by molar-refractivity contribution is -0.141. The van der Waals surface area contributed by atoms with Crippen LogP contribution in [0.4, 0.5) is 13.2 Å². The molecule has 132 valence electrons. The number of benzene rings is 1. The van der Waals surface area contributed by atoms with Crippen LogP contribution in [0.1, 0.15) is 41.7 Å². The zero-order chi connectivity index (χ0) is 17.6. The lowest BCUT2D eigenvalue weighted by atomic mass is 10.1. The summed E-state index contributed by atoms with van der Waals surface area (Å²) in [6.07, 6.45) is 1.20. The van der Waals surface area contributed by atoms with Crippen molar-refractivity contribution in [3.8, 4) is 5.69 Å². The molecule has 1 saturated heterocycles. The molecule has 1 aromatic carbocycles. The highest BCUT2D eigenvalue weighted by atomic mass is 19.4. The second-order valence-electron chi connectivity index (χ2n) is 6.74. The minimum atomic E-state index is -4.48. The Balaban J connectivity index is 1.59. The third kappa shape index (κ3) is 3.15. The van der Waals surface area contributed by atoms with Crippen molar-refractivity contribution in [2.24, 2.45) is 5.92 Å².